The van der Waals surface area contributed by atoms with Crippen LogP contribution in [0.25, 0.3) is 0 Å². The average molecular weight is 382 g/mol. The minimum atomic E-state index is -1.03. The zero-order valence-electron chi connectivity index (χ0n) is 11.9. The summed E-state index contributed by atoms with van der Waals surface area (Å²) in [6, 6.07) is 17.2. The van der Waals surface area contributed by atoms with Crippen LogP contribution in [-0.2, 0) is 3.61 Å². The van der Waals surface area contributed by atoms with Crippen LogP contribution in [0.15, 0.2) is 54.6 Å². The number of ether oxygens (including phenoxy) is 1. The molecule has 1 unspecified atom stereocenters. The van der Waals surface area contributed by atoms with E-state index < -0.39 is 3.61 Å². The molecule has 0 heterocycles. The summed E-state index contributed by atoms with van der Waals surface area (Å²) in [5.41, 5.74) is 1.48. The molecule has 0 saturated carbocycles. The number of hydrogen-bond donors (Lipinski definition) is 1. The molecule has 2 aromatic rings. The molecule has 0 radical (unpaired) electrons. The summed E-state index contributed by atoms with van der Waals surface area (Å²) in [7, 11) is 0. The van der Waals surface area contributed by atoms with E-state index in [9.17, 15) is 5.11 Å². The first-order valence-corrected chi connectivity index (χ1v) is 7.63. The number of benzene rings is 2. The van der Waals surface area contributed by atoms with Crippen LogP contribution in [0.3, 0.4) is 0 Å². The molecule has 3 heteroatoms. The second-order valence-electron chi connectivity index (χ2n) is 5.73. The molecule has 20 heavy (non-hydrogen) atoms. The van der Waals surface area contributed by atoms with E-state index in [1.54, 1.807) is 0 Å². The Kier molecular flexibility index (Phi) is 4.39. The second-order valence-corrected chi connectivity index (χ2v) is 7.29. The van der Waals surface area contributed by atoms with Gasteiger partial charge >= 0.3 is 0 Å². The largest absolute Gasteiger partial charge is 0.488 e. The molecule has 2 nitrogen and oxygen atoms in total. The van der Waals surface area contributed by atoms with Crippen molar-refractivity contribution in [1.82, 2.24) is 0 Å². The Hall–Kier alpha value is -1.07. The first-order valence-electron chi connectivity index (χ1n) is 6.55. The predicted molar refractivity (Wildman–Crippen MR) is 90.3 cm³/mol. The number of alkyl halides is 1. The van der Waals surface area contributed by atoms with Crippen molar-refractivity contribution in [2.75, 3.05) is 0 Å². The van der Waals surface area contributed by atoms with E-state index in [0.29, 0.717) is 0 Å². The van der Waals surface area contributed by atoms with Gasteiger partial charge in [-0.3, -0.25) is 0 Å². The first-order chi connectivity index (χ1) is 9.29. The first kappa shape index (κ1) is 15.3. The Balaban J connectivity index is 2.26. The van der Waals surface area contributed by atoms with Gasteiger partial charge in [0.25, 0.3) is 0 Å². The maximum Gasteiger partial charge on any atom is 0.166 e. The highest BCUT2D eigenvalue weighted by Crippen LogP contribution is 2.37. The van der Waals surface area contributed by atoms with Gasteiger partial charge in [0.2, 0.25) is 0 Å². The van der Waals surface area contributed by atoms with Crippen molar-refractivity contribution in [1.29, 1.82) is 0 Å². The molecule has 106 valence electrons. The minimum absolute atomic E-state index is 0.221. The van der Waals surface area contributed by atoms with E-state index >= 15 is 0 Å². The standard InChI is InChI=1S/C17H19IO2/c1-16(2,3)20-15-11-9-14(10-12-15)17(18,19)13-7-5-4-6-8-13/h4-12,19H,1-3H3. The van der Waals surface area contributed by atoms with Gasteiger partial charge in [0.15, 0.2) is 3.61 Å². The van der Waals surface area contributed by atoms with Crippen molar-refractivity contribution in [2.24, 2.45) is 0 Å². The summed E-state index contributed by atoms with van der Waals surface area (Å²) in [5.74, 6) is 0.807. The summed E-state index contributed by atoms with van der Waals surface area (Å²) < 4.78 is 4.76. The zero-order chi connectivity index (χ0) is 14.8. The summed E-state index contributed by atoms with van der Waals surface area (Å²) in [6.45, 7) is 6.04. The lowest BCUT2D eigenvalue weighted by Gasteiger charge is -2.24. The number of aliphatic hydroxyl groups is 1. The lowest BCUT2D eigenvalue weighted by Crippen LogP contribution is -2.23. The van der Waals surface area contributed by atoms with E-state index in [4.69, 9.17) is 4.74 Å². The molecule has 0 spiro atoms. The monoisotopic (exact) mass is 382 g/mol. The highest BCUT2D eigenvalue weighted by molar-refractivity contribution is 14.1. The molecule has 0 aliphatic heterocycles. The lowest BCUT2D eigenvalue weighted by atomic mass is 10.0. The third-order valence-corrected chi connectivity index (χ3v) is 4.06. The molecule has 0 amide bonds. The fourth-order valence-corrected chi connectivity index (χ4v) is 2.64. The maximum atomic E-state index is 10.7. The van der Waals surface area contributed by atoms with Gasteiger partial charge in [0.1, 0.15) is 11.4 Å². The predicted octanol–water partition coefficient (Wildman–Crippen LogP) is 4.49. The third kappa shape index (κ3) is 3.73. The van der Waals surface area contributed by atoms with E-state index in [-0.39, 0.29) is 5.60 Å². The van der Waals surface area contributed by atoms with Gasteiger partial charge in [-0.2, -0.15) is 0 Å². The lowest BCUT2D eigenvalue weighted by molar-refractivity contribution is 0.130. The zero-order valence-corrected chi connectivity index (χ0v) is 14.1. The Morgan fingerprint density at radius 3 is 1.85 bits per heavy atom. The summed E-state index contributed by atoms with van der Waals surface area (Å²) in [4.78, 5) is 0. The highest BCUT2D eigenvalue weighted by atomic mass is 127. The van der Waals surface area contributed by atoms with Gasteiger partial charge in [-0.15, -0.1) is 0 Å². The SMILES string of the molecule is CC(C)(C)Oc1ccc(C(O)(I)c2ccccc2)cc1. The van der Waals surface area contributed by atoms with E-state index in [0.717, 1.165) is 16.9 Å². The molecule has 1 N–H and O–H groups in total. The fourth-order valence-electron chi connectivity index (χ4n) is 1.92. The summed E-state index contributed by atoms with van der Waals surface area (Å²) in [5, 5.41) is 10.7. The molecule has 2 rings (SSSR count). The van der Waals surface area contributed by atoms with Gasteiger partial charge in [0.05, 0.1) is 0 Å². The highest BCUT2D eigenvalue weighted by Gasteiger charge is 2.27. The van der Waals surface area contributed by atoms with Gasteiger partial charge in [-0.05, 0) is 66.6 Å². The van der Waals surface area contributed by atoms with E-state index in [1.165, 1.54) is 0 Å². The van der Waals surface area contributed by atoms with E-state index in [1.807, 2.05) is 75.4 Å². The van der Waals surface area contributed by atoms with Gasteiger partial charge in [-0.1, -0.05) is 42.5 Å². The summed E-state index contributed by atoms with van der Waals surface area (Å²) in [6.07, 6.45) is 0. The molecular formula is C17H19IO2. The normalized spacial score (nSPS) is 14.7. The van der Waals surface area contributed by atoms with Crippen LogP contribution in [0.4, 0.5) is 0 Å². The molecule has 0 fully saturated rings. The van der Waals surface area contributed by atoms with Crippen LogP contribution < -0.4 is 4.74 Å². The Morgan fingerprint density at radius 1 is 0.850 bits per heavy atom. The van der Waals surface area contributed by atoms with Gasteiger partial charge < -0.3 is 9.84 Å². The van der Waals surface area contributed by atoms with Crippen LogP contribution in [0, 0.1) is 0 Å². The fraction of sp³-hybridized carbons (Fsp3) is 0.294. The van der Waals surface area contributed by atoms with Crippen LogP contribution >= 0.6 is 22.6 Å². The molecule has 0 aliphatic rings. The Bertz CT molecular complexity index is 554. The molecule has 1 atom stereocenters. The van der Waals surface area contributed by atoms with Crippen molar-refractivity contribution >= 4 is 22.6 Å². The van der Waals surface area contributed by atoms with Crippen LogP contribution in [0.5, 0.6) is 5.75 Å². The average Bonchev–Trinajstić information content (AvgIpc) is 2.38. The Morgan fingerprint density at radius 2 is 1.35 bits per heavy atom. The van der Waals surface area contributed by atoms with Crippen LogP contribution in [0.2, 0.25) is 0 Å². The van der Waals surface area contributed by atoms with Crippen molar-refractivity contribution in [2.45, 2.75) is 30.0 Å². The minimum Gasteiger partial charge on any atom is -0.488 e. The topological polar surface area (TPSA) is 29.5 Å². The van der Waals surface area contributed by atoms with Crippen molar-refractivity contribution in [3.05, 3.63) is 65.7 Å². The quantitative estimate of drug-likeness (QED) is 0.626. The van der Waals surface area contributed by atoms with Crippen LogP contribution in [0.1, 0.15) is 31.9 Å². The second kappa shape index (κ2) is 5.74. The molecule has 0 saturated heterocycles. The number of rotatable bonds is 3. The van der Waals surface area contributed by atoms with Crippen molar-refractivity contribution in [3.8, 4) is 5.75 Å². The molecular weight excluding hydrogens is 363 g/mol. The maximum absolute atomic E-state index is 10.7. The molecule has 0 bridgehead atoms. The van der Waals surface area contributed by atoms with Crippen molar-refractivity contribution in [3.63, 3.8) is 0 Å². The van der Waals surface area contributed by atoms with Gasteiger partial charge in [0, 0.05) is 0 Å². The molecule has 0 aromatic heterocycles. The molecule has 0 aliphatic carbocycles. The summed E-state index contributed by atoms with van der Waals surface area (Å²) >= 11 is 2.06. The van der Waals surface area contributed by atoms with E-state index in [2.05, 4.69) is 22.6 Å². The third-order valence-electron chi connectivity index (χ3n) is 2.82. The van der Waals surface area contributed by atoms with Crippen LogP contribution in [-0.4, -0.2) is 10.7 Å². The molecule has 2 aromatic carbocycles. The van der Waals surface area contributed by atoms with Gasteiger partial charge in [-0.25, -0.2) is 0 Å². The number of hydrogen-bond acceptors (Lipinski definition) is 2. The smallest absolute Gasteiger partial charge is 0.166 e. The Labute approximate surface area is 133 Å². The van der Waals surface area contributed by atoms with Crippen molar-refractivity contribution < 1.29 is 9.84 Å². The number of halogens is 1.